The van der Waals surface area contributed by atoms with Crippen LogP contribution >= 0.6 is 23.2 Å². The van der Waals surface area contributed by atoms with Crippen molar-refractivity contribution in [2.24, 2.45) is 0 Å². The maximum absolute atomic E-state index is 11.9. The Labute approximate surface area is 84.2 Å². The Kier molecular flexibility index (Phi) is 3.75. The molecule has 0 unspecified atom stereocenters. The lowest BCUT2D eigenvalue weighted by atomic mass is 10.2. The zero-order valence-corrected chi connectivity index (χ0v) is 7.90. The highest BCUT2D eigenvalue weighted by atomic mass is 35.5. The van der Waals surface area contributed by atoms with Crippen molar-refractivity contribution >= 4 is 23.2 Å². The first-order valence-corrected chi connectivity index (χ1v) is 4.30. The first-order chi connectivity index (χ1) is 6.11. The van der Waals surface area contributed by atoms with E-state index in [0.717, 1.165) is 0 Å². The Balaban J connectivity index is 2.91. The number of hydrogen-bond acceptors (Lipinski definition) is 1. The number of halogens is 4. The monoisotopic (exact) mass is 226 g/mol. The molecule has 0 aliphatic heterocycles. The van der Waals surface area contributed by atoms with Gasteiger partial charge in [-0.3, -0.25) is 0 Å². The van der Waals surface area contributed by atoms with Crippen LogP contribution in [0.1, 0.15) is 10.4 Å². The number of hydrogen-bond donors (Lipinski definition) is 0. The van der Waals surface area contributed by atoms with Crippen LogP contribution < -0.4 is 4.74 Å². The van der Waals surface area contributed by atoms with E-state index in [1.807, 2.05) is 0 Å². The van der Waals surface area contributed by atoms with Crippen LogP contribution in [0.2, 0.25) is 0 Å². The molecule has 0 saturated heterocycles. The Morgan fingerprint density at radius 2 is 1.77 bits per heavy atom. The summed E-state index contributed by atoms with van der Waals surface area (Å²) in [5.41, 5.74) is 0.339. The Hall–Kier alpha value is -0.540. The normalized spacial score (nSPS) is 10.9. The molecule has 0 atom stereocenters. The van der Waals surface area contributed by atoms with E-state index in [0.29, 0.717) is 5.56 Å². The number of alkyl halides is 4. The zero-order valence-electron chi connectivity index (χ0n) is 6.38. The highest BCUT2D eigenvalue weighted by molar-refractivity contribution is 6.44. The molecule has 0 aliphatic rings. The summed E-state index contributed by atoms with van der Waals surface area (Å²) in [6, 6.07) is 6.13. The third-order valence-electron chi connectivity index (χ3n) is 1.37. The lowest BCUT2D eigenvalue weighted by molar-refractivity contribution is -0.0503. The maximum Gasteiger partial charge on any atom is 0.387 e. The van der Waals surface area contributed by atoms with Crippen LogP contribution in [0.4, 0.5) is 8.78 Å². The van der Waals surface area contributed by atoms with Gasteiger partial charge in [-0.15, -0.1) is 0 Å². The lowest BCUT2D eigenvalue weighted by Crippen LogP contribution is -2.04. The van der Waals surface area contributed by atoms with Crippen molar-refractivity contribution in [3.63, 3.8) is 0 Å². The highest BCUT2D eigenvalue weighted by Crippen LogP contribution is 2.32. The molecular weight excluding hydrogens is 221 g/mol. The fourth-order valence-electron chi connectivity index (χ4n) is 0.864. The molecule has 0 saturated carbocycles. The Bertz CT molecular complexity index is 279. The van der Waals surface area contributed by atoms with Gasteiger partial charge in [0.1, 0.15) is 10.6 Å². The Morgan fingerprint density at radius 1 is 1.15 bits per heavy atom. The minimum atomic E-state index is -2.87. The summed E-state index contributed by atoms with van der Waals surface area (Å²) in [7, 11) is 0. The van der Waals surface area contributed by atoms with Crippen molar-refractivity contribution in [2.45, 2.75) is 11.4 Å². The van der Waals surface area contributed by atoms with E-state index >= 15 is 0 Å². The molecule has 0 aromatic heterocycles. The maximum atomic E-state index is 11.9. The van der Waals surface area contributed by atoms with E-state index in [-0.39, 0.29) is 5.75 Å². The van der Waals surface area contributed by atoms with Crippen LogP contribution in [0.5, 0.6) is 5.75 Å². The molecule has 0 amide bonds. The van der Waals surface area contributed by atoms with Gasteiger partial charge in [0.2, 0.25) is 0 Å². The first kappa shape index (κ1) is 10.5. The SMILES string of the molecule is FC(F)Oc1ccccc1C(Cl)Cl. The second-order valence-corrected chi connectivity index (χ2v) is 3.31. The quantitative estimate of drug-likeness (QED) is 0.714. The van der Waals surface area contributed by atoms with Crippen LogP contribution in [0.15, 0.2) is 24.3 Å². The smallest absolute Gasteiger partial charge is 0.387 e. The van der Waals surface area contributed by atoms with Crippen molar-refractivity contribution in [3.8, 4) is 5.75 Å². The largest absolute Gasteiger partial charge is 0.434 e. The summed E-state index contributed by atoms with van der Waals surface area (Å²) in [5, 5.41) is 0. The molecular formula is C8H6Cl2F2O. The van der Waals surface area contributed by atoms with E-state index in [4.69, 9.17) is 23.2 Å². The summed E-state index contributed by atoms with van der Waals surface area (Å²) < 4.78 is 27.9. The predicted molar refractivity (Wildman–Crippen MR) is 47.5 cm³/mol. The molecule has 5 heteroatoms. The standard InChI is InChI=1S/C8H6Cl2F2O/c9-7(10)5-3-1-2-4-6(5)13-8(11)12/h1-4,7-8H. The number of benzene rings is 1. The van der Waals surface area contributed by atoms with Crippen molar-refractivity contribution < 1.29 is 13.5 Å². The van der Waals surface area contributed by atoms with Crippen LogP contribution in [-0.4, -0.2) is 6.61 Å². The van der Waals surface area contributed by atoms with E-state index in [2.05, 4.69) is 4.74 Å². The fraction of sp³-hybridized carbons (Fsp3) is 0.250. The van der Waals surface area contributed by atoms with Gasteiger partial charge in [-0.1, -0.05) is 41.4 Å². The van der Waals surface area contributed by atoms with Crippen molar-refractivity contribution in [1.29, 1.82) is 0 Å². The molecule has 1 rings (SSSR count). The molecule has 0 heterocycles. The first-order valence-electron chi connectivity index (χ1n) is 3.43. The number of ether oxygens (including phenoxy) is 1. The molecule has 72 valence electrons. The molecule has 0 spiro atoms. The third-order valence-corrected chi connectivity index (χ3v) is 1.84. The summed E-state index contributed by atoms with van der Waals surface area (Å²) in [4.78, 5) is -0.866. The molecule has 1 aromatic carbocycles. The van der Waals surface area contributed by atoms with Crippen LogP contribution in [-0.2, 0) is 0 Å². The van der Waals surface area contributed by atoms with Gasteiger partial charge in [-0.05, 0) is 6.07 Å². The fourth-order valence-corrected chi connectivity index (χ4v) is 1.22. The summed E-state index contributed by atoms with van der Waals surface area (Å²) in [6.07, 6.45) is 0. The van der Waals surface area contributed by atoms with Gasteiger partial charge in [0.15, 0.2) is 0 Å². The minimum Gasteiger partial charge on any atom is -0.434 e. The van der Waals surface area contributed by atoms with E-state index in [1.54, 1.807) is 12.1 Å². The summed E-state index contributed by atoms with van der Waals surface area (Å²) in [6.45, 7) is -2.87. The molecule has 0 N–H and O–H groups in total. The second-order valence-electron chi connectivity index (χ2n) is 2.22. The molecule has 13 heavy (non-hydrogen) atoms. The van der Waals surface area contributed by atoms with Gasteiger partial charge in [0.25, 0.3) is 0 Å². The summed E-state index contributed by atoms with van der Waals surface area (Å²) >= 11 is 11.1. The molecule has 0 aliphatic carbocycles. The molecule has 1 aromatic rings. The van der Waals surface area contributed by atoms with Gasteiger partial charge in [0, 0.05) is 5.56 Å². The topological polar surface area (TPSA) is 9.23 Å². The third kappa shape index (κ3) is 3.01. The van der Waals surface area contributed by atoms with Crippen molar-refractivity contribution in [2.75, 3.05) is 0 Å². The molecule has 1 nitrogen and oxygen atoms in total. The van der Waals surface area contributed by atoms with Crippen molar-refractivity contribution in [3.05, 3.63) is 29.8 Å². The summed E-state index contributed by atoms with van der Waals surface area (Å²) in [5.74, 6) is 0.00694. The van der Waals surface area contributed by atoms with Gasteiger partial charge in [-0.2, -0.15) is 8.78 Å². The predicted octanol–water partition coefficient (Wildman–Crippen LogP) is 3.76. The van der Waals surface area contributed by atoms with E-state index < -0.39 is 11.4 Å². The number of rotatable bonds is 3. The van der Waals surface area contributed by atoms with Crippen molar-refractivity contribution in [1.82, 2.24) is 0 Å². The van der Waals surface area contributed by atoms with Gasteiger partial charge >= 0.3 is 6.61 Å². The zero-order chi connectivity index (χ0) is 9.84. The number of para-hydroxylation sites is 1. The van der Waals surface area contributed by atoms with Gasteiger partial charge < -0.3 is 4.74 Å². The average molecular weight is 227 g/mol. The van der Waals surface area contributed by atoms with E-state index in [1.165, 1.54) is 12.1 Å². The van der Waals surface area contributed by atoms with E-state index in [9.17, 15) is 8.78 Å². The van der Waals surface area contributed by atoms with Crippen LogP contribution in [0.25, 0.3) is 0 Å². The highest BCUT2D eigenvalue weighted by Gasteiger charge is 2.13. The second kappa shape index (κ2) is 4.63. The van der Waals surface area contributed by atoms with Crippen LogP contribution in [0, 0.1) is 0 Å². The average Bonchev–Trinajstić information content (AvgIpc) is 2.03. The lowest BCUT2D eigenvalue weighted by Gasteiger charge is -2.10. The van der Waals surface area contributed by atoms with Crippen LogP contribution in [0.3, 0.4) is 0 Å². The van der Waals surface area contributed by atoms with Gasteiger partial charge in [-0.25, -0.2) is 0 Å². The molecule has 0 fully saturated rings. The Morgan fingerprint density at radius 3 is 2.31 bits per heavy atom. The van der Waals surface area contributed by atoms with Gasteiger partial charge in [0.05, 0.1) is 0 Å². The minimum absolute atomic E-state index is 0.00694. The molecule has 0 radical (unpaired) electrons. The molecule has 0 bridgehead atoms.